The van der Waals surface area contributed by atoms with Gasteiger partial charge in [0, 0.05) is 18.4 Å². The van der Waals surface area contributed by atoms with Crippen LogP contribution in [0.4, 0.5) is 18.9 Å². The Balaban J connectivity index is 2.18. The molecule has 0 aliphatic rings. The van der Waals surface area contributed by atoms with Crippen LogP contribution in [-0.4, -0.2) is 4.98 Å². The molecule has 0 aliphatic carbocycles. The quantitative estimate of drug-likeness (QED) is 0.897. The average Bonchev–Trinajstić information content (AvgIpc) is 2.39. The highest BCUT2D eigenvalue weighted by Gasteiger charge is 2.30. The Bertz CT molecular complexity index is 538. The third-order valence-corrected chi connectivity index (χ3v) is 2.76. The molecule has 0 fully saturated rings. The lowest BCUT2D eigenvalue weighted by molar-refractivity contribution is -0.137. The van der Waals surface area contributed by atoms with Crippen LogP contribution in [0.5, 0.6) is 0 Å². The van der Waals surface area contributed by atoms with Gasteiger partial charge in [0.15, 0.2) is 0 Å². The number of rotatable bonds is 3. The number of hydrogen-bond donors (Lipinski definition) is 1. The van der Waals surface area contributed by atoms with Crippen molar-refractivity contribution in [3.8, 4) is 0 Å². The maximum absolute atomic E-state index is 12.6. The molecule has 100 valence electrons. The molecule has 2 aromatic rings. The second-order valence-electron chi connectivity index (χ2n) is 4.23. The van der Waals surface area contributed by atoms with Crippen molar-refractivity contribution in [3.63, 3.8) is 0 Å². The van der Waals surface area contributed by atoms with Gasteiger partial charge in [0.1, 0.15) is 0 Å². The first-order chi connectivity index (χ1) is 8.97. The number of alkyl halides is 3. The minimum absolute atomic E-state index is 0.230. The van der Waals surface area contributed by atoms with E-state index in [1.807, 2.05) is 13.0 Å². The number of aromatic nitrogens is 1. The van der Waals surface area contributed by atoms with Gasteiger partial charge in [-0.3, -0.25) is 4.98 Å². The van der Waals surface area contributed by atoms with Gasteiger partial charge >= 0.3 is 6.18 Å². The van der Waals surface area contributed by atoms with E-state index >= 15 is 0 Å². The maximum atomic E-state index is 12.6. The third-order valence-electron chi connectivity index (χ3n) is 2.76. The molecule has 0 aliphatic heterocycles. The molecule has 1 aromatic heterocycles. The van der Waals surface area contributed by atoms with Gasteiger partial charge in [-0.05, 0) is 36.8 Å². The summed E-state index contributed by atoms with van der Waals surface area (Å²) in [5.74, 6) is 0. The smallest absolute Gasteiger partial charge is 0.377 e. The molecule has 0 bridgehead atoms. The number of halogens is 3. The molecule has 0 saturated carbocycles. The lowest BCUT2D eigenvalue weighted by atomic mass is 10.0. The highest BCUT2D eigenvalue weighted by molar-refractivity contribution is 5.43. The fourth-order valence-electron chi connectivity index (χ4n) is 1.77. The van der Waals surface area contributed by atoms with Crippen LogP contribution in [0.15, 0.2) is 48.8 Å². The predicted molar refractivity (Wildman–Crippen MR) is 67.7 cm³/mol. The summed E-state index contributed by atoms with van der Waals surface area (Å²) in [5, 5.41) is 3.11. The van der Waals surface area contributed by atoms with Gasteiger partial charge in [-0.15, -0.1) is 0 Å². The van der Waals surface area contributed by atoms with Crippen molar-refractivity contribution in [3.05, 3.63) is 59.9 Å². The number of benzene rings is 1. The van der Waals surface area contributed by atoms with E-state index in [2.05, 4.69) is 10.3 Å². The van der Waals surface area contributed by atoms with Crippen molar-refractivity contribution in [1.29, 1.82) is 0 Å². The van der Waals surface area contributed by atoms with Gasteiger partial charge in [-0.25, -0.2) is 0 Å². The predicted octanol–water partition coefficient (Wildman–Crippen LogP) is 4.27. The molecule has 0 amide bonds. The highest BCUT2D eigenvalue weighted by atomic mass is 19.4. The average molecular weight is 266 g/mol. The van der Waals surface area contributed by atoms with Crippen LogP contribution < -0.4 is 5.32 Å². The Morgan fingerprint density at radius 1 is 1.16 bits per heavy atom. The standard InChI is InChI=1S/C14H13F3N2/c1-10(19-13-6-3-7-18-9-13)11-4-2-5-12(8-11)14(15,16)17/h2-10,19H,1H3. The van der Waals surface area contributed by atoms with Crippen molar-refractivity contribution >= 4 is 5.69 Å². The van der Waals surface area contributed by atoms with Crippen molar-refractivity contribution in [2.75, 3.05) is 5.32 Å². The van der Waals surface area contributed by atoms with Crippen LogP contribution in [0.3, 0.4) is 0 Å². The fraction of sp³-hybridized carbons (Fsp3) is 0.214. The highest BCUT2D eigenvalue weighted by Crippen LogP contribution is 2.31. The van der Waals surface area contributed by atoms with Gasteiger partial charge in [-0.2, -0.15) is 13.2 Å². The Hall–Kier alpha value is -2.04. The maximum Gasteiger partial charge on any atom is 0.416 e. The minimum atomic E-state index is -4.32. The number of hydrogen-bond acceptors (Lipinski definition) is 2. The molecule has 0 spiro atoms. The lowest BCUT2D eigenvalue weighted by Gasteiger charge is -2.17. The van der Waals surface area contributed by atoms with Crippen molar-refractivity contribution in [1.82, 2.24) is 4.98 Å². The number of anilines is 1. The summed E-state index contributed by atoms with van der Waals surface area (Å²) in [6.45, 7) is 1.81. The van der Waals surface area contributed by atoms with E-state index in [0.29, 0.717) is 5.56 Å². The summed E-state index contributed by atoms with van der Waals surface area (Å²) >= 11 is 0. The molecule has 2 rings (SSSR count). The summed E-state index contributed by atoms with van der Waals surface area (Å²) in [6.07, 6.45) is -1.05. The van der Waals surface area contributed by atoms with E-state index in [1.54, 1.807) is 24.5 Å². The molecule has 0 saturated heterocycles. The summed E-state index contributed by atoms with van der Waals surface area (Å²) in [6, 6.07) is 8.67. The third kappa shape index (κ3) is 3.47. The molecule has 1 unspecified atom stereocenters. The van der Waals surface area contributed by atoms with Crippen molar-refractivity contribution < 1.29 is 13.2 Å². The van der Waals surface area contributed by atoms with Crippen LogP contribution in [0.2, 0.25) is 0 Å². The zero-order valence-corrected chi connectivity index (χ0v) is 10.3. The van der Waals surface area contributed by atoms with Gasteiger partial charge in [0.25, 0.3) is 0 Å². The van der Waals surface area contributed by atoms with E-state index in [1.165, 1.54) is 6.07 Å². The SMILES string of the molecule is CC(Nc1cccnc1)c1cccc(C(F)(F)F)c1. The van der Waals surface area contributed by atoms with Crippen LogP contribution in [0.25, 0.3) is 0 Å². The van der Waals surface area contributed by atoms with Crippen LogP contribution in [0, 0.1) is 0 Å². The molecular weight excluding hydrogens is 253 g/mol. The van der Waals surface area contributed by atoms with Gasteiger partial charge in [-0.1, -0.05) is 12.1 Å². The van der Waals surface area contributed by atoms with E-state index in [0.717, 1.165) is 17.8 Å². The Labute approximate surface area is 109 Å². The molecule has 19 heavy (non-hydrogen) atoms. The van der Waals surface area contributed by atoms with E-state index in [4.69, 9.17) is 0 Å². The summed E-state index contributed by atoms with van der Waals surface area (Å²) < 4.78 is 37.9. The lowest BCUT2D eigenvalue weighted by Crippen LogP contribution is -2.10. The number of nitrogens with zero attached hydrogens (tertiary/aromatic N) is 1. The van der Waals surface area contributed by atoms with E-state index in [9.17, 15) is 13.2 Å². The van der Waals surface area contributed by atoms with Gasteiger partial charge in [0.2, 0.25) is 0 Å². The topological polar surface area (TPSA) is 24.9 Å². The first-order valence-electron chi connectivity index (χ1n) is 5.80. The molecule has 2 nitrogen and oxygen atoms in total. The monoisotopic (exact) mass is 266 g/mol. The molecule has 0 radical (unpaired) electrons. The van der Waals surface area contributed by atoms with Crippen LogP contribution in [-0.2, 0) is 6.18 Å². The Morgan fingerprint density at radius 2 is 1.95 bits per heavy atom. The summed E-state index contributed by atoms with van der Waals surface area (Å²) in [5.41, 5.74) is 0.718. The molecular formula is C14H13F3N2. The molecule has 1 N–H and O–H groups in total. The Morgan fingerprint density at radius 3 is 2.58 bits per heavy atom. The minimum Gasteiger partial charge on any atom is -0.377 e. The van der Waals surface area contributed by atoms with Crippen LogP contribution >= 0.6 is 0 Å². The molecule has 1 aromatic carbocycles. The number of nitrogens with one attached hydrogen (secondary N) is 1. The van der Waals surface area contributed by atoms with Crippen molar-refractivity contribution in [2.45, 2.75) is 19.1 Å². The van der Waals surface area contributed by atoms with Crippen molar-refractivity contribution in [2.24, 2.45) is 0 Å². The van der Waals surface area contributed by atoms with E-state index in [-0.39, 0.29) is 6.04 Å². The fourth-order valence-corrected chi connectivity index (χ4v) is 1.77. The zero-order chi connectivity index (χ0) is 13.9. The Kier molecular flexibility index (Phi) is 3.74. The number of pyridine rings is 1. The first-order valence-corrected chi connectivity index (χ1v) is 5.80. The van der Waals surface area contributed by atoms with E-state index < -0.39 is 11.7 Å². The summed E-state index contributed by atoms with van der Waals surface area (Å²) in [7, 11) is 0. The largest absolute Gasteiger partial charge is 0.416 e. The first kappa shape index (κ1) is 13.4. The van der Waals surface area contributed by atoms with Gasteiger partial charge < -0.3 is 5.32 Å². The zero-order valence-electron chi connectivity index (χ0n) is 10.3. The molecule has 1 atom stereocenters. The normalized spacial score (nSPS) is 13.1. The molecule has 5 heteroatoms. The molecule has 1 heterocycles. The second kappa shape index (κ2) is 5.30. The van der Waals surface area contributed by atoms with Gasteiger partial charge in [0.05, 0.1) is 11.3 Å². The van der Waals surface area contributed by atoms with Crippen LogP contribution in [0.1, 0.15) is 24.1 Å². The summed E-state index contributed by atoms with van der Waals surface area (Å²) in [4.78, 5) is 3.95. The second-order valence-corrected chi connectivity index (χ2v) is 4.23.